The van der Waals surface area contributed by atoms with Gasteiger partial charge in [0.2, 0.25) is 5.91 Å². The van der Waals surface area contributed by atoms with Gasteiger partial charge in [0.25, 0.3) is 6.43 Å². The van der Waals surface area contributed by atoms with Gasteiger partial charge in [-0.3, -0.25) is 9.78 Å². The fourth-order valence-electron chi connectivity index (χ4n) is 3.21. The third kappa shape index (κ3) is 4.15. The molecule has 1 aromatic heterocycles. The van der Waals surface area contributed by atoms with Crippen LogP contribution in [0.25, 0.3) is 11.3 Å². The SMILES string of the molecule is CC(=O)NC1CCN(c2ccnc(-c3ccc(F)c(C(F)F)c3)c2)CC1. The Balaban J connectivity index is 1.77. The quantitative estimate of drug-likeness (QED) is 0.895. The van der Waals surface area contributed by atoms with Crippen molar-refractivity contribution < 1.29 is 18.0 Å². The summed E-state index contributed by atoms with van der Waals surface area (Å²) < 4.78 is 39.3. The van der Waals surface area contributed by atoms with Gasteiger partial charge in [0, 0.05) is 43.5 Å². The molecule has 1 saturated heterocycles. The summed E-state index contributed by atoms with van der Waals surface area (Å²) in [5, 5.41) is 2.93. The predicted octanol–water partition coefficient (Wildman–Crippen LogP) is 3.93. The van der Waals surface area contributed by atoms with Crippen molar-refractivity contribution in [2.75, 3.05) is 18.0 Å². The lowest BCUT2D eigenvalue weighted by Gasteiger charge is -2.33. The average molecular weight is 363 g/mol. The lowest BCUT2D eigenvalue weighted by atomic mass is 10.0. The van der Waals surface area contributed by atoms with Crippen LogP contribution in [0.4, 0.5) is 18.9 Å². The molecule has 4 nitrogen and oxygen atoms in total. The number of carbonyl (C=O) groups is 1. The van der Waals surface area contributed by atoms with E-state index in [1.54, 1.807) is 6.20 Å². The van der Waals surface area contributed by atoms with Crippen LogP contribution in [0.1, 0.15) is 31.8 Å². The molecule has 7 heteroatoms. The van der Waals surface area contributed by atoms with Crippen molar-refractivity contribution in [1.29, 1.82) is 0 Å². The summed E-state index contributed by atoms with van der Waals surface area (Å²) in [5.41, 5.74) is 1.29. The summed E-state index contributed by atoms with van der Waals surface area (Å²) in [5.74, 6) is -0.944. The van der Waals surface area contributed by atoms with Gasteiger partial charge in [-0.1, -0.05) is 0 Å². The smallest absolute Gasteiger partial charge is 0.266 e. The van der Waals surface area contributed by atoms with Crippen molar-refractivity contribution in [3.8, 4) is 11.3 Å². The fraction of sp³-hybridized carbons (Fsp3) is 0.368. The van der Waals surface area contributed by atoms with Crippen molar-refractivity contribution in [1.82, 2.24) is 10.3 Å². The van der Waals surface area contributed by atoms with Crippen molar-refractivity contribution in [2.24, 2.45) is 0 Å². The molecule has 2 aromatic rings. The van der Waals surface area contributed by atoms with Crippen LogP contribution in [0, 0.1) is 5.82 Å². The van der Waals surface area contributed by atoms with Gasteiger partial charge in [-0.25, -0.2) is 13.2 Å². The molecule has 26 heavy (non-hydrogen) atoms. The highest BCUT2D eigenvalue weighted by Crippen LogP contribution is 2.29. The minimum absolute atomic E-state index is 0.0270. The molecular formula is C19H20F3N3O. The molecule has 0 spiro atoms. The Kier molecular flexibility index (Phi) is 5.44. The van der Waals surface area contributed by atoms with Gasteiger partial charge in [-0.15, -0.1) is 0 Å². The van der Waals surface area contributed by atoms with Gasteiger partial charge in [0.05, 0.1) is 11.3 Å². The summed E-state index contributed by atoms with van der Waals surface area (Å²) in [6.07, 6.45) is 0.425. The zero-order valence-corrected chi connectivity index (χ0v) is 14.4. The van der Waals surface area contributed by atoms with Gasteiger partial charge in [0.15, 0.2) is 0 Å². The molecule has 1 aliphatic heterocycles. The van der Waals surface area contributed by atoms with Gasteiger partial charge >= 0.3 is 0 Å². The number of halogens is 3. The van der Waals surface area contributed by atoms with Crippen molar-refractivity contribution in [3.05, 3.63) is 47.9 Å². The molecule has 0 radical (unpaired) electrons. The van der Waals surface area contributed by atoms with E-state index in [0.717, 1.165) is 43.8 Å². The minimum atomic E-state index is -2.87. The molecular weight excluding hydrogens is 343 g/mol. The number of pyridine rings is 1. The molecule has 0 saturated carbocycles. The zero-order valence-electron chi connectivity index (χ0n) is 14.4. The van der Waals surface area contributed by atoms with Crippen LogP contribution in [-0.2, 0) is 4.79 Å². The first-order chi connectivity index (χ1) is 12.4. The Bertz CT molecular complexity index is 789. The number of amides is 1. The Morgan fingerprint density at radius 1 is 1.23 bits per heavy atom. The molecule has 0 bridgehead atoms. The molecule has 1 N–H and O–H groups in total. The first kappa shape index (κ1) is 18.2. The maximum absolute atomic E-state index is 13.5. The maximum atomic E-state index is 13.5. The summed E-state index contributed by atoms with van der Waals surface area (Å²) in [4.78, 5) is 17.6. The van der Waals surface area contributed by atoms with E-state index in [1.165, 1.54) is 13.0 Å². The van der Waals surface area contributed by atoms with E-state index >= 15 is 0 Å². The molecule has 1 amide bonds. The topological polar surface area (TPSA) is 45.2 Å². The van der Waals surface area contributed by atoms with Crippen LogP contribution in [0.2, 0.25) is 0 Å². The number of nitrogens with zero attached hydrogens (tertiary/aromatic N) is 2. The fourth-order valence-corrected chi connectivity index (χ4v) is 3.21. The molecule has 0 atom stereocenters. The summed E-state index contributed by atoms with van der Waals surface area (Å²) >= 11 is 0. The molecule has 0 unspecified atom stereocenters. The van der Waals surface area contributed by atoms with E-state index in [9.17, 15) is 18.0 Å². The van der Waals surface area contributed by atoms with Crippen LogP contribution in [0.5, 0.6) is 0 Å². The van der Waals surface area contributed by atoms with Gasteiger partial charge in [0.1, 0.15) is 5.82 Å². The van der Waals surface area contributed by atoms with Crippen molar-refractivity contribution in [2.45, 2.75) is 32.2 Å². The molecule has 1 fully saturated rings. The number of hydrogen-bond donors (Lipinski definition) is 1. The minimum Gasteiger partial charge on any atom is -0.371 e. The second kappa shape index (κ2) is 7.76. The molecule has 138 valence electrons. The van der Waals surface area contributed by atoms with E-state index in [-0.39, 0.29) is 11.9 Å². The maximum Gasteiger partial charge on any atom is 0.266 e. The Labute approximate surface area is 150 Å². The second-order valence-electron chi connectivity index (χ2n) is 6.40. The number of benzene rings is 1. The highest BCUT2D eigenvalue weighted by atomic mass is 19.3. The first-order valence-corrected chi connectivity index (χ1v) is 8.50. The molecule has 1 aliphatic rings. The zero-order chi connectivity index (χ0) is 18.7. The van der Waals surface area contributed by atoms with Crippen LogP contribution in [0.3, 0.4) is 0 Å². The highest BCUT2D eigenvalue weighted by Gasteiger charge is 2.21. The Morgan fingerprint density at radius 3 is 2.62 bits per heavy atom. The average Bonchev–Trinajstić information content (AvgIpc) is 2.62. The summed E-state index contributed by atoms with van der Waals surface area (Å²) in [6, 6.07) is 7.51. The lowest BCUT2D eigenvalue weighted by molar-refractivity contribution is -0.119. The Morgan fingerprint density at radius 2 is 1.96 bits per heavy atom. The molecule has 3 rings (SSSR count). The number of piperidine rings is 1. The van der Waals surface area contributed by atoms with Crippen LogP contribution >= 0.6 is 0 Å². The van der Waals surface area contributed by atoms with Crippen LogP contribution in [0.15, 0.2) is 36.5 Å². The monoisotopic (exact) mass is 363 g/mol. The van der Waals surface area contributed by atoms with Gasteiger partial charge in [-0.2, -0.15) is 0 Å². The summed E-state index contributed by atoms with van der Waals surface area (Å²) in [7, 11) is 0. The molecule has 2 heterocycles. The van der Waals surface area contributed by atoms with E-state index in [1.807, 2.05) is 12.1 Å². The van der Waals surface area contributed by atoms with E-state index in [0.29, 0.717) is 11.3 Å². The van der Waals surface area contributed by atoms with Crippen molar-refractivity contribution in [3.63, 3.8) is 0 Å². The number of rotatable bonds is 4. The third-order valence-electron chi connectivity index (χ3n) is 4.54. The number of carbonyl (C=O) groups excluding carboxylic acids is 1. The Hall–Kier alpha value is -2.57. The standard InChI is InChI=1S/C19H20F3N3O/c1-12(26)24-14-5-8-25(9-6-14)15-4-7-23-18(11-15)13-2-3-17(20)16(10-13)19(21)22/h2-4,7,10-11,14,19H,5-6,8-9H2,1H3,(H,24,26). The van der Waals surface area contributed by atoms with E-state index in [2.05, 4.69) is 15.2 Å². The number of nitrogens with one attached hydrogen (secondary N) is 1. The lowest BCUT2D eigenvalue weighted by Crippen LogP contribution is -2.44. The summed E-state index contributed by atoms with van der Waals surface area (Å²) in [6.45, 7) is 3.07. The normalized spacial score (nSPS) is 15.3. The third-order valence-corrected chi connectivity index (χ3v) is 4.54. The van der Waals surface area contributed by atoms with Crippen LogP contribution in [-0.4, -0.2) is 30.0 Å². The van der Waals surface area contributed by atoms with E-state index < -0.39 is 17.8 Å². The van der Waals surface area contributed by atoms with E-state index in [4.69, 9.17) is 0 Å². The van der Waals surface area contributed by atoms with Gasteiger partial charge < -0.3 is 10.2 Å². The van der Waals surface area contributed by atoms with Crippen molar-refractivity contribution >= 4 is 11.6 Å². The second-order valence-corrected chi connectivity index (χ2v) is 6.40. The van der Waals surface area contributed by atoms with Gasteiger partial charge in [-0.05, 0) is 43.2 Å². The first-order valence-electron chi connectivity index (χ1n) is 8.50. The number of alkyl halides is 2. The van der Waals surface area contributed by atoms with Crippen LogP contribution < -0.4 is 10.2 Å². The number of anilines is 1. The number of hydrogen-bond acceptors (Lipinski definition) is 3. The predicted molar refractivity (Wildman–Crippen MR) is 93.6 cm³/mol. The molecule has 0 aliphatic carbocycles. The largest absolute Gasteiger partial charge is 0.371 e. The molecule has 1 aromatic carbocycles. The number of aromatic nitrogens is 1. The highest BCUT2D eigenvalue weighted by molar-refractivity contribution is 5.73.